The maximum Gasteiger partial charge on any atom is 0.247 e. The molecule has 0 aromatic rings. The number of carbonyl (C=O) groups excluding carboxylic acids is 3. The Kier molecular flexibility index (Phi) is 10.9. The second kappa shape index (κ2) is 13.5. The number of aliphatic hydroxyl groups excluding tert-OH is 1. The zero-order chi connectivity index (χ0) is 28.0. The Labute approximate surface area is 234 Å². The minimum absolute atomic E-state index is 0.00667. The first-order chi connectivity index (χ1) is 18.3. The normalized spacial score (nSPS) is 29.2. The number of aliphatic hydroxyl groups is 1. The van der Waals surface area contributed by atoms with Gasteiger partial charge in [-0.05, 0) is 31.6 Å². The van der Waals surface area contributed by atoms with Crippen molar-refractivity contribution in [3.05, 3.63) is 25.3 Å². The van der Waals surface area contributed by atoms with Gasteiger partial charge in [0.15, 0.2) is 0 Å². The van der Waals surface area contributed by atoms with Crippen molar-refractivity contribution in [1.82, 2.24) is 14.7 Å². The van der Waals surface area contributed by atoms with E-state index in [9.17, 15) is 19.5 Å². The van der Waals surface area contributed by atoms with Crippen LogP contribution in [0.5, 0.6) is 0 Å². The number of amides is 3. The number of nitrogens with zero attached hydrogens (tertiary/aromatic N) is 3. The zero-order valence-corrected chi connectivity index (χ0v) is 24.8. The molecule has 3 amide bonds. The summed E-state index contributed by atoms with van der Waals surface area (Å²) < 4.78 is -0.643. The van der Waals surface area contributed by atoms with E-state index in [-0.39, 0.29) is 35.5 Å². The van der Waals surface area contributed by atoms with E-state index in [4.69, 9.17) is 0 Å². The quantitative estimate of drug-likeness (QED) is 0.232. The van der Waals surface area contributed by atoms with Gasteiger partial charge < -0.3 is 19.8 Å². The molecule has 3 rings (SSSR count). The van der Waals surface area contributed by atoms with Gasteiger partial charge in [-0.1, -0.05) is 59.1 Å². The average molecular weight is 548 g/mol. The highest BCUT2D eigenvalue weighted by Gasteiger charge is 2.74. The molecule has 3 heterocycles. The first kappa shape index (κ1) is 30.7. The Bertz CT molecular complexity index is 882. The van der Waals surface area contributed by atoms with Crippen LogP contribution in [0.15, 0.2) is 25.3 Å². The minimum atomic E-state index is -0.681. The van der Waals surface area contributed by atoms with Crippen LogP contribution in [0.2, 0.25) is 0 Å². The van der Waals surface area contributed by atoms with Gasteiger partial charge in [0, 0.05) is 31.4 Å². The van der Waals surface area contributed by atoms with E-state index in [1.807, 2.05) is 30.6 Å². The highest BCUT2D eigenvalue weighted by atomic mass is 32.2. The number of thioether (sulfide) groups is 1. The fourth-order valence-corrected chi connectivity index (χ4v) is 9.12. The fourth-order valence-electron chi connectivity index (χ4n) is 6.92. The predicted molar refractivity (Wildman–Crippen MR) is 155 cm³/mol. The first-order valence-corrected chi connectivity index (χ1v) is 15.6. The number of hydrogen-bond acceptors (Lipinski definition) is 5. The molecule has 7 atom stereocenters. The lowest BCUT2D eigenvalue weighted by molar-refractivity contribution is -0.148. The van der Waals surface area contributed by atoms with Crippen LogP contribution in [0.25, 0.3) is 0 Å². The minimum Gasteiger partial charge on any atom is -0.394 e. The Hall–Kier alpha value is -1.80. The number of hydrogen-bond donors (Lipinski definition) is 1. The van der Waals surface area contributed by atoms with Crippen LogP contribution in [0.4, 0.5) is 0 Å². The highest BCUT2D eigenvalue weighted by molar-refractivity contribution is 8.02. The van der Waals surface area contributed by atoms with Crippen molar-refractivity contribution < 1.29 is 19.5 Å². The molecule has 1 N–H and O–H groups in total. The summed E-state index contributed by atoms with van der Waals surface area (Å²) in [6.45, 7) is 17.9. The topological polar surface area (TPSA) is 81.2 Å². The maximum absolute atomic E-state index is 14.4. The average Bonchev–Trinajstić information content (AvgIpc) is 3.55. The van der Waals surface area contributed by atoms with Gasteiger partial charge in [0.25, 0.3) is 0 Å². The van der Waals surface area contributed by atoms with Crippen LogP contribution >= 0.6 is 11.8 Å². The molecule has 3 aliphatic heterocycles. The first-order valence-electron chi connectivity index (χ1n) is 14.7. The lowest BCUT2D eigenvalue weighted by Crippen LogP contribution is -2.58. The van der Waals surface area contributed by atoms with Crippen LogP contribution in [0, 0.1) is 17.8 Å². The van der Waals surface area contributed by atoms with E-state index in [2.05, 4.69) is 20.1 Å². The third-order valence-corrected chi connectivity index (χ3v) is 10.9. The van der Waals surface area contributed by atoms with Crippen molar-refractivity contribution in [2.24, 2.45) is 17.8 Å². The number of rotatable bonds is 16. The Morgan fingerprint density at radius 3 is 2.32 bits per heavy atom. The summed E-state index contributed by atoms with van der Waals surface area (Å²) in [5.74, 6) is -1.15. The Balaban J connectivity index is 2.08. The molecule has 8 heteroatoms. The van der Waals surface area contributed by atoms with Crippen LogP contribution in [-0.4, -0.2) is 92.4 Å². The molecule has 0 aliphatic carbocycles. The predicted octanol–water partition coefficient (Wildman–Crippen LogP) is 4.11. The smallest absolute Gasteiger partial charge is 0.247 e. The summed E-state index contributed by atoms with van der Waals surface area (Å²) >= 11 is 1.70. The van der Waals surface area contributed by atoms with E-state index >= 15 is 0 Å². The number of fused-ring (bicyclic) bond motifs is 1. The summed E-state index contributed by atoms with van der Waals surface area (Å²) in [5.41, 5.74) is 0. The van der Waals surface area contributed by atoms with Gasteiger partial charge >= 0.3 is 0 Å². The molecule has 3 aliphatic rings. The van der Waals surface area contributed by atoms with Crippen molar-refractivity contribution >= 4 is 29.5 Å². The van der Waals surface area contributed by atoms with Crippen molar-refractivity contribution in [3.63, 3.8) is 0 Å². The van der Waals surface area contributed by atoms with Gasteiger partial charge in [-0.25, -0.2) is 0 Å². The molecule has 7 nitrogen and oxygen atoms in total. The zero-order valence-electron chi connectivity index (χ0n) is 23.9. The van der Waals surface area contributed by atoms with E-state index in [1.54, 1.807) is 28.8 Å². The Morgan fingerprint density at radius 2 is 1.76 bits per heavy atom. The summed E-state index contributed by atoms with van der Waals surface area (Å²) in [6, 6.07) is -1.14. The number of likely N-dealkylation sites (tertiary alicyclic amines) is 1. The van der Waals surface area contributed by atoms with Crippen molar-refractivity contribution in [1.29, 1.82) is 0 Å². The van der Waals surface area contributed by atoms with Crippen LogP contribution < -0.4 is 0 Å². The lowest BCUT2D eigenvalue weighted by Gasteiger charge is -2.41. The van der Waals surface area contributed by atoms with Gasteiger partial charge in [-0.15, -0.1) is 24.9 Å². The van der Waals surface area contributed by atoms with E-state index in [1.165, 1.54) is 0 Å². The molecule has 214 valence electrons. The number of unbranched alkanes of at least 4 members (excludes halogenated alkanes) is 2. The molecule has 0 saturated carbocycles. The molecule has 2 unspecified atom stereocenters. The molecular formula is C30H49N3O4S. The van der Waals surface area contributed by atoms with E-state index in [0.29, 0.717) is 26.2 Å². The van der Waals surface area contributed by atoms with Gasteiger partial charge in [-0.2, -0.15) is 0 Å². The molecule has 38 heavy (non-hydrogen) atoms. The molecule has 0 aromatic heterocycles. The van der Waals surface area contributed by atoms with Gasteiger partial charge in [-0.3, -0.25) is 14.4 Å². The van der Waals surface area contributed by atoms with Crippen molar-refractivity contribution in [2.75, 3.05) is 32.8 Å². The largest absolute Gasteiger partial charge is 0.394 e. The van der Waals surface area contributed by atoms with Gasteiger partial charge in [0.1, 0.15) is 6.04 Å². The summed E-state index contributed by atoms with van der Waals surface area (Å²) in [7, 11) is 0. The van der Waals surface area contributed by atoms with Crippen molar-refractivity contribution in [2.45, 2.75) is 94.7 Å². The third kappa shape index (κ3) is 5.45. The standard InChI is InChI=1S/C30H49N3O4S/c1-7-12-13-19-32(18-10-4)29(37)26-30-15-14-23(38-30)24(27(35)31(16-8-2)17-9-3)25(30)28(36)33(26)22(20-34)21(6)11-5/h8,10,21-26,34H,2,4,7,9,11-20H2,1,3,5-6H3/t21-,22-,23-,24+,25-,26?,30?/m0/s1. The maximum atomic E-state index is 14.4. The number of carbonyl (C=O) groups is 3. The summed E-state index contributed by atoms with van der Waals surface area (Å²) in [4.78, 5) is 48.2. The molecule has 0 aromatic carbocycles. The van der Waals surface area contributed by atoms with E-state index < -0.39 is 28.7 Å². The third-order valence-electron chi connectivity index (χ3n) is 8.95. The highest BCUT2D eigenvalue weighted by Crippen LogP contribution is 2.67. The SMILES string of the molecule is C=CCN(CCCCC)C(=O)C1N([C@@H](CO)[C@@H](C)CC)C(=O)[C@@H]2[C@H](C(=O)N(CC=C)CCC)[C@@H]3CCC12S3. The summed E-state index contributed by atoms with van der Waals surface area (Å²) in [5, 5.41) is 10.6. The van der Waals surface area contributed by atoms with Crippen LogP contribution in [-0.2, 0) is 14.4 Å². The van der Waals surface area contributed by atoms with Gasteiger partial charge in [0.05, 0.1) is 29.2 Å². The monoisotopic (exact) mass is 547 g/mol. The fraction of sp³-hybridized carbons (Fsp3) is 0.767. The summed E-state index contributed by atoms with van der Waals surface area (Å²) in [6.07, 6.45) is 9.63. The van der Waals surface area contributed by atoms with Gasteiger partial charge in [0.2, 0.25) is 17.7 Å². The second-order valence-corrected chi connectivity index (χ2v) is 12.9. The van der Waals surface area contributed by atoms with E-state index in [0.717, 1.165) is 44.9 Å². The van der Waals surface area contributed by atoms with Crippen LogP contribution in [0.1, 0.15) is 72.6 Å². The molecule has 0 radical (unpaired) electrons. The molecule has 1 spiro atoms. The molecule has 3 saturated heterocycles. The Morgan fingerprint density at radius 1 is 1.11 bits per heavy atom. The second-order valence-electron chi connectivity index (χ2n) is 11.3. The van der Waals surface area contributed by atoms with Crippen LogP contribution in [0.3, 0.4) is 0 Å². The molecule has 3 fully saturated rings. The molecule has 2 bridgehead atoms. The molecular weight excluding hydrogens is 498 g/mol. The van der Waals surface area contributed by atoms with Crippen molar-refractivity contribution in [3.8, 4) is 0 Å². The lowest BCUT2D eigenvalue weighted by atomic mass is 9.70.